The zero-order valence-corrected chi connectivity index (χ0v) is 16.9. The lowest BCUT2D eigenvalue weighted by Gasteiger charge is -2.58. The van der Waals surface area contributed by atoms with E-state index in [-0.39, 0.29) is 0 Å². The maximum Gasteiger partial charge on any atom is 0.155 e. The maximum absolute atomic E-state index is 12.0. The molecule has 0 aromatic heterocycles. The first-order chi connectivity index (χ1) is 12.4. The first-order valence-corrected chi connectivity index (χ1v) is 11.0. The van der Waals surface area contributed by atoms with Gasteiger partial charge in [0.05, 0.1) is 6.07 Å². The molecular weight excluding hydrogens is 318 g/mol. The third-order valence-electron chi connectivity index (χ3n) is 9.43. The molecule has 26 heavy (non-hydrogen) atoms. The van der Waals surface area contributed by atoms with Crippen molar-refractivity contribution in [3.63, 3.8) is 0 Å². The van der Waals surface area contributed by atoms with Crippen LogP contribution in [-0.2, 0) is 4.79 Å². The Labute approximate surface area is 159 Å². The number of carbonyl (C=O) groups is 1. The summed E-state index contributed by atoms with van der Waals surface area (Å²) in [5.41, 5.74) is 2.26. The van der Waals surface area contributed by atoms with Gasteiger partial charge in [0.25, 0.3) is 0 Å². The van der Waals surface area contributed by atoms with E-state index in [1.165, 1.54) is 37.7 Å². The van der Waals surface area contributed by atoms with Gasteiger partial charge in [-0.25, -0.2) is 0 Å². The van der Waals surface area contributed by atoms with Gasteiger partial charge in [-0.15, -0.1) is 0 Å². The molecule has 4 rings (SSSR count). The Balaban J connectivity index is 1.57. The van der Waals surface area contributed by atoms with Gasteiger partial charge in [0.15, 0.2) is 5.78 Å². The van der Waals surface area contributed by atoms with E-state index in [0.29, 0.717) is 29.0 Å². The van der Waals surface area contributed by atoms with Crippen LogP contribution in [0.2, 0.25) is 0 Å². The van der Waals surface area contributed by atoms with Crippen molar-refractivity contribution < 1.29 is 4.79 Å². The maximum atomic E-state index is 12.0. The number of rotatable bonds is 3. The summed E-state index contributed by atoms with van der Waals surface area (Å²) >= 11 is 0. The normalized spacial score (nSPS) is 45.8. The van der Waals surface area contributed by atoms with Gasteiger partial charge in [-0.3, -0.25) is 4.79 Å². The van der Waals surface area contributed by atoms with Gasteiger partial charge < -0.3 is 0 Å². The molecule has 0 N–H and O–H groups in total. The first kappa shape index (κ1) is 18.3. The number of nitrogens with zero attached hydrogens (tertiary/aromatic N) is 1. The molecule has 0 bridgehead atoms. The Morgan fingerprint density at radius 2 is 1.96 bits per heavy atom. The van der Waals surface area contributed by atoms with E-state index in [0.717, 1.165) is 49.4 Å². The van der Waals surface area contributed by atoms with E-state index in [9.17, 15) is 4.79 Å². The van der Waals surface area contributed by atoms with Crippen LogP contribution >= 0.6 is 0 Å². The van der Waals surface area contributed by atoms with Crippen LogP contribution in [-0.4, -0.2) is 5.78 Å². The van der Waals surface area contributed by atoms with Gasteiger partial charge >= 0.3 is 0 Å². The topological polar surface area (TPSA) is 40.9 Å². The van der Waals surface area contributed by atoms with Crippen molar-refractivity contribution in [3.8, 4) is 6.07 Å². The molecular formula is C24H35NO. The minimum Gasteiger partial charge on any atom is -0.295 e. The van der Waals surface area contributed by atoms with Crippen LogP contribution in [0.5, 0.6) is 0 Å². The highest BCUT2D eigenvalue weighted by Crippen LogP contribution is 2.67. The molecule has 0 amide bonds. The van der Waals surface area contributed by atoms with Crippen molar-refractivity contribution in [2.24, 2.45) is 40.4 Å². The summed E-state index contributed by atoms with van der Waals surface area (Å²) in [7, 11) is 0. The van der Waals surface area contributed by atoms with Crippen LogP contribution in [0.1, 0.15) is 85.0 Å². The summed E-state index contributed by atoms with van der Waals surface area (Å²) in [6.07, 6.45) is 13.6. The number of hydrogen-bond acceptors (Lipinski definition) is 2. The smallest absolute Gasteiger partial charge is 0.155 e. The molecule has 0 heterocycles. The van der Waals surface area contributed by atoms with Crippen molar-refractivity contribution in [3.05, 3.63) is 11.6 Å². The van der Waals surface area contributed by atoms with Gasteiger partial charge in [-0.05, 0) is 97.9 Å². The van der Waals surface area contributed by atoms with Crippen LogP contribution in [0.4, 0.5) is 0 Å². The number of fused-ring (bicyclic) bond motifs is 5. The van der Waals surface area contributed by atoms with E-state index < -0.39 is 0 Å². The second kappa shape index (κ2) is 6.50. The van der Waals surface area contributed by atoms with Crippen molar-refractivity contribution in [2.75, 3.05) is 0 Å². The van der Waals surface area contributed by atoms with Gasteiger partial charge in [-0.2, -0.15) is 5.26 Å². The lowest BCUT2D eigenvalue weighted by Crippen LogP contribution is -2.50. The highest BCUT2D eigenvalue weighted by atomic mass is 16.1. The third kappa shape index (κ3) is 2.61. The SMILES string of the molecule is C[C@H](CCC#N)C1CCC2C3CCC4=CC(=O)CC[C@]4(C)C3CC[C@@]21C. The fourth-order valence-electron chi connectivity index (χ4n) is 8.03. The standard InChI is InChI=1S/C24H35NO/c1-16(5-4-14-25)20-8-9-21-19-7-6-17-15-18(26)10-12-23(17,2)22(19)11-13-24(20,21)3/h15-16,19-22H,4-13H2,1-3H3/t16-,19?,20?,21?,22?,23+,24-/m1/s1. The number of ketones is 1. The molecule has 0 saturated heterocycles. The van der Waals surface area contributed by atoms with Crippen LogP contribution in [0.15, 0.2) is 11.6 Å². The van der Waals surface area contributed by atoms with Crippen LogP contribution < -0.4 is 0 Å². The van der Waals surface area contributed by atoms with E-state index in [4.69, 9.17) is 5.26 Å². The summed E-state index contributed by atoms with van der Waals surface area (Å²) in [5, 5.41) is 8.99. The van der Waals surface area contributed by atoms with Gasteiger partial charge in [0.1, 0.15) is 0 Å². The molecule has 3 fully saturated rings. The van der Waals surface area contributed by atoms with Crippen LogP contribution in [0.25, 0.3) is 0 Å². The predicted octanol–water partition coefficient (Wildman–Crippen LogP) is 6.07. The largest absolute Gasteiger partial charge is 0.295 e. The quantitative estimate of drug-likeness (QED) is 0.617. The zero-order valence-electron chi connectivity index (χ0n) is 16.9. The molecule has 0 aromatic carbocycles. The fourth-order valence-corrected chi connectivity index (χ4v) is 8.03. The Kier molecular flexibility index (Phi) is 4.57. The summed E-state index contributed by atoms with van der Waals surface area (Å²) < 4.78 is 0. The van der Waals surface area contributed by atoms with E-state index in [2.05, 4.69) is 26.8 Å². The van der Waals surface area contributed by atoms with Crippen LogP contribution in [0.3, 0.4) is 0 Å². The average Bonchev–Trinajstić information content (AvgIpc) is 2.97. The molecule has 0 aromatic rings. The molecule has 3 saturated carbocycles. The monoisotopic (exact) mass is 353 g/mol. The Morgan fingerprint density at radius 1 is 1.15 bits per heavy atom. The van der Waals surface area contributed by atoms with Crippen molar-refractivity contribution in [1.82, 2.24) is 0 Å². The molecule has 142 valence electrons. The molecule has 4 aliphatic rings. The molecule has 0 radical (unpaired) electrons. The van der Waals surface area contributed by atoms with Crippen molar-refractivity contribution in [1.29, 1.82) is 5.26 Å². The average molecular weight is 354 g/mol. The number of nitriles is 1. The molecule has 2 heteroatoms. The Hall–Kier alpha value is -1.10. The highest BCUT2D eigenvalue weighted by molar-refractivity contribution is 5.91. The molecule has 2 nitrogen and oxygen atoms in total. The number of carbonyl (C=O) groups excluding carboxylic acids is 1. The van der Waals surface area contributed by atoms with E-state index in [1.807, 2.05) is 6.08 Å². The highest BCUT2D eigenvalue weighted by Gasteiger charge is 2.59. The zero-order chi connectivity index (χ0) is 18.5. The predicted molar refractivity (Wildman–Crippen MR) is 104 cm³/mol. The molecule has 0 aliphatic heterocycles. The van der Waals surface area contributed by atoms with Crippen molar-refractivity contribution in [2.45, 2.75) is 85.0 Å². The third-order valence-corrected chi connectivity index (χ3v) is 9.43. The fraction of sp³-hybridized carbons (Fsp3) is 0.833. The first-order valence-electron chi connectivity index (χ1n) is 11.0. The van der Waals surface area contributed by atoms with Gasteiger partial charge in [0.2, 0.25) is 0 Å². The summed E-state index contributed by atoms with van der Waals surface area (Å²) in [5.74, 6) is 4.37. The summed E-state index contributed by atoms with van der Waals surface area (Å²) in [6.45, 7) is 7.47. The van der Waals surface area contributed by atoms with E-state index in [1.54, 1.807) is 0 Å². The molecule has 4 aliphatic carbocycles. The number of allylic oxidation sites excluding steroid dienone is 1. The van der Waals surface area contributed by atoms with Crippen LogP contribution in [0, 0.1) is 51.8 Å². The minimum atomic E-state index is 0.294. The lowest BCUT2D eigenvalue weighted by molar-refractivity contribution is -0.117. The minimum absolute atomic E-state index is 0.294. The number of hydrogen-bond donors (Lipinski definition) is 0. The Bertz CT molecular complexity index is 658. The molecule has 0 spiro atoms. The van der Waals surface area contributed by atoms with Gasteiger partial charge in [-0.1, -0.05) is 26.3 Å². The molecule has 4 unspecified atom stereocenters. The second-order valence-electron chi connectivity index (χ2n) is 10.4. The lowest BCUT2D eigenvalue weighted by atomic mass is 9.46. The summed E-state index contributed by atoms with van der Waals surface area (Å²) in [4.78, 5) is 12.0. The molecule has 7 atom stereocenters. The summed E-state index contributed by atoms with van der Waals surface area (Å²) in [6, 6.07) is 2.36. The van der Waals surface area contributed by atoms with Gasteiger partial charge in [0, 0.05) is 12.8 Å². The van der Waals surface area contributed by atoms with E-state index >= 15 is 0 Å². The van der Waals surface area contributed by atoms with Crippen molar-refractivity contribution >= 4 is 5.78 Å². The second-order valence-corrected chi connectivity index (χ2v) is 10.4. The Morgan fingerprint density at radius 3 is 2.73 bits per heavy atom.